The first-order valence-corrected chi connectivity index (χ1v) is 16.3. The van der Waals surface area contributed by atoms with Gasteiger partial charge in [-0.1, -0.05) is 52.2 Å². The van der Waals surface area contributed by atoms with Gasteiger partial charge in [-0.2, -0.15) is 26.3 Å². The minimum absolute atomic E-state index is 0.0950. The van der Waals surface area contributed by atoms with E-state index in [1.807, 2.05) is 13.8 Å². The standard InChI is InChI=1S/C28H27F8NO4S.C2H6.CH2O2/c1-24(11-3-2-4-12-24)23(38)37-14-13-25(42(39,40)19-8-6-18(29)7-9-19)20-10-5-17(15-21(20)41-16-22(25)37)26(30,27(31,32)33)28(34,35)36;1-2;2-1-3/h5-10,15,22H,2-4,11-14,16H2,1H3;1-2H3;1H,(H,2,3). The Morgan fingerprint density at radius 1 is 0.936 bits per heavy atom. The number of nitrogens with zero attached hydrogens (tertiary/aromatic N) is 1. The van der Waals surface area contributed by atoms with Crippen molar-refractivity contribution in [2.75, 3.05) is 13.2 Å². The van der Waals surface area contributed by atoms with Gasteiger partial charge in [-0.3, -0.25) is 9.59 Å². The molecule has 2 aromatic carbocycles. The highest BCUT2D eigenvalue weighted by molar-refractivity contribution is 7.92. The molecule has 2 heterocycles. The lowest BCUT2D eigenvalue weighted by molar-refractivity contribution is -0.348. The van der Waals surface area contributed by atoms with Crippen LogP contribution >= 0.6 is 0 Å². The summed E-state index contributed by atoms with van der Waals surface area (Å²) in [5.41, 5.74) is -8.69. The van der Waals surface area contributed by atoms with E-state index in [1.54, 1.807) is 6.92 Å². The number of sulfone groups is 1. The fourth-order valence-electron chi connectivity index (χ4n) is 6.68. The van der Waals surface area contributed by atoms with Gasteiger partial charge in [0.25, 0.3) is 6.47 Å². The van der Waals surface area contributed by atoms with Gasteiger partial charge in [-0.05, 0) is 49.6 Å². The molecule has 1 amide bonds. The van der Waals surface area contributed by atoms with Crippen LogP contribution in [0.3, 0.4) is 0 Å². The predicted octanol–water partition coefficient (Wildman–Crippen LogP) is 7.48. The summed E-state index contributed by atoms with van der Waals surface area (Å²) in [6.45, 7) is 4.85. The Kier molecular flexibility index (Phi) is 11.0. The molecule has 0 spiro atoms. The van der Waals surface area contributed by atoms with Crippen LogP contribution in [0.4, 0.5) is 35.1 Å². The van der Waals surface area contributed by atoms with Gasteiger partial charge in [-0.15, -0.1) is 0 Å². The van der Waals surface area contributed by atoms with Crippen LogP contribution in [-0.4, -0.2) is 62.3 Å². The largest absolute Gasteiger partial charge is 0.491 e. The third-order valence-electron chi connectivity index (χ3n) is 8.99. The molecule has 7 nitrogen and oxygen atoms in total. The third-order valence-corrected chi connectivity index (χ3v) is 11.5. The first-order valence-electron chi connectivity index (χ1n) is 14.8. The molecular formula is C31H35F8NO6S. The molecule has 16 heteroatoms. The number of ether oxygens (including phenoxy) is 1. The summed E-state index contributed by atoms with van der Waals surface area (Å²) in [4.78, 5) is 23.2. The van der Waals surface area contributed by atoms with Crippen LogP contribution in [-0.2, 0) is 29.8 Å². The Morgan fingerprint density at radius 3 is 1.98 bits per heavy atom. The topological polar surface area (TPSA) is 101 Å². The van der Waals surface area contributed by atoms with Gasteiger partial charge < -0.3 is 14.7 Å². The molecule has 3 aliphatic rings. The van der Waals surface area contributed by atoms with Crippen LogP contribution in [0.5, 0.6) is 5.75 Å². The van der Waals surface area contributed by atoms with E-state index in [-0.39, 0.29) is 47.9 Å². The number of benzene rings is 2. The lowest BCUT2D eigenvalue weighted by Crippen LogP contribution is -2.57. The quantitative estimate of drug-likeness (QED) is 0.202. The average Bonchev–Trinajstić information content (AvgIpc) is 3.42. The van der Waals surface area contributed by atoms with Crippen molar-refractivity contribution in [1.82, 2.24) is 4.90 Å². The lowest BCUT2D eigenvalue weighted by atomic mass is 9.74. The number of rotatable bonds is 4. The van der Waals surface area contributed by atoms with E-state index >= 15 is 0 Å². The second-order valence-corrected chi connectivity index (χ2v) is 13.7. The number of alkyl halides is 7. The van der Waals surface area contributed by atoms with E-state index in [9.17, 15) is 48.3 Å². The lowest BCUT2D eigenvalue weighted by Gasteiger charge is -2.44. The Hall–Kier alpha value is -3.43. The molecule has 1 aliphatic carbocycles. The van der Waals surface area contributed by atoms with Crippen LogP contribution in [0.1, 0.15) is 70.4 Å². The highest BCUT2D eigenvalue weighted by Crippen LogP contribution is 2.58. The van der Waals surface area contributed by atoms with Gasteiger partial charge in [0.05, 0.1) is 10.9 Å². The van der Waals surface area contributed by atoms with Crippen molar-refractivity contribution < 1.29 is 63.0 Å². The zero-order valence-electron chi connectivity index (χ0n) is 25.7. The van der Waals surface area contributed by atoms with Gasteiger partial charge in [-0.25, -0.2) is 17.2 Å². The zero-order chi connectivity index (χ0) is 35.6. The monoisotopic (exact) mass is 701 g/mol. The van der Waals surface area contributed by atoms with Crippen molar-refractivity contribution in [3.05, 3.63) is 59.4 Å². The molecule has 0 radical (unpaired) electrons. The molecule has 2 aromatic rings. The molecule has 262 valence electrons. The SMILES string of the molecule is CC.CC1(C(=O)N2CCC3(S(=O)(=O)c4ccc(F)cc4)c4ccc(C(F)(C(F)(F)F)C(F)(F)F)cc4OCC23)CCCCC1.O=CO. The Labute approximate surface area is 266 Å². The van der Waals surface area contributed by atoms with Gasteiger partial charge in [0, 0.05) is 23.1 Å². The molecule has 2 fully saturated rings. The van der Waals surface area contributed by atoms with Crippen LogP contribution in [0.25, 0.3) is 0 Å². The summed E-state index contributed by atoms with van der Waals surface area (Å²) >= 11 is 0. The van der Waals surface area contributed by atoms with Crippen molar-refractivity contribution in [3.63, 3.8) is 0 Å². The normalized spacial score (nSPS) is 22.3. The molecule has 0 aromatic heterocycles. The second kappa shape index (κ2) is 13.6. The third kappa shape index (κ3) is 6.29. The van der Waals surface area contributed by atoms with E-state index in [4.69, 9.17) is 14.6 Å². The molecule has 2 aliphatic heterocycles. The smallest absolute Gasteiger partial charge is 0.435 e. The van der Waals surface area contributed by atoms with Crippen molar-refractivity contribution >= 4 is 22.2 Å². The van der Waals surface area contributed by atoms with Crippen molar-refractivity contribution in [2.45, 2.75) is 93.0 Å². The fourth-order valence-corrected chi connectivity index (χ4v) is 8.97. The maximum Gasteiger partial charge on any atom is 0.435 e. The van der Waals surface area contributed by atoms with Gasteiger partial charge >= 0.3 is 18.0 Å². The van der Waals surface area contributed by atoms with E-state index in [0.717, 1.165) is 43.5 Å². The number of amides is 1. The Morgan fingerprint density at radius 2 is 1.47 bits per heavy atom. The minimum Gasteiger partial charge on any atom is -0.491 e. The maximum atomic E-state index is 14.9. The van der Waals surface area contributed by atoms with Crippen molar-refractivity contribution in [1.29, 1.82) is 0 Å². The Bertz CT molecular complexity index is 1520. The maximum absolute atomic E-state index is 14.9. The number of carbonyl (C=O) groups is 2. The van der Waals surface area contributed by atoms with E-state index in [2.05, 4.69) is 0 Å². The van der Waals surface area contributed by atoms with Gasteiger partial charge in [0.15, 0.2) is 9.84 Å². The zero-order valence-corrected chi connectivity index (χ0v) is 26.5. The first-order chi connectivity index (χ1) is 21.8. The van der Waals surface area contributed by atoms with Crippen molar-refractivity contribution in [2.24, 2.45) is 5.41 Å². The number of fused-ring (bicyclic) bond motifs is 3. The number of hydrogen-bond donors (Lipinski definition) is 1. The number of halogens is 8. The minimum atomic E-state index is -6.39. The van der Waals surface area contributed by atoms with Gasteiger partial charge in [0.1, 0.15) is 22.9 Å². The van der Waals surface area contributed by atoms with Crippen LogP contribution in [0.15, 0.2) is 47.4 Å². The van der Waals surface area contributed by atoms with Crippen LogP contribution in [0, 0.1) is 11.2 Å². The molecule has 5 rings (SSSR count). The highest BCUT2D eigenvalue weighted by atomic mass is 32.2. The molecule has 1 N–H and O–H groups in total. The van der Waals surface area contributed by atoms with E-state index < -0.39 is 67.8 Å². The molecular weight excluding hydrogens is 666 g/mol. The molecule has 0 bridgehead atoms. The van der Waals surface area contributed by atoms with Crippen LogP contribution in [0.2, 0.25) is 0 Å². The summed E-state index contributed by atoms with van der Waals surface area (Å²) in [6, 6.07) is 3.74. The molecule has 2 unspecified atom stereocenters. The molecule has 1 saturated carbocycles. The second-order valence-electron chi connectivity index (χ2n) is 11.5. The number of carboxylic acid groups (broad SMARTS) is 1. The van der Waals surface area contributed by atoms with Crippen molar-refractivity contribution in [3.8, 4) is 5.75 Å². The number of carbonyl (C=O) groups excluding carboxylic acids is 1. The molecule has 47 heavy (non-hydrogen) atoms. The van der Waals surface area contributed by atoms with Gasteiger partial charge in [0.2, 0.25) is 5.91 Å². The predicted molar refractivity (Wildman–Crippen MR) is 153 cm³/mol. The summed E-state index contributed by atoms with van der Waals surface area (Å²) in [6.07, 6.45) is -9.44. The first kappa shape index (κ1) is 38.0. The summed E-state index contributed by atoms with van der Waals surface area (Å²) in [5, 5.41) is 6.89. The molecule has 1 saturated heterocycles. The summed E-state index contributed by atoms with van der Waals surface area (Å²) in [7, 11) is -4.59. The summed E-state index contributed by atoms with van der Waals surface area (Å²) in [5.74, 6) is -1.75. The van der Waals surface area contributed by atoms with E-state index in [1.165, 1.54) is 4.90 Å². The summed E-state index contributed by atoms with van der Waals surface area (Å²) < 4.78 is 142. The average molecular weight is 702 g/mol. The number of likely N-dealkylation sites (tertiary alicyclic amines) is 1. The Balaban J connectivity index is 0.00000114. The molecule has 2 atom stereocenters. The highest BCUT2D eigenvalue weighted by Gasteiger charge is 2.74. The van der Waals surface area contributed by atoms with Crippen LogP contribution < -0.4 is 4.74 Å². The fraction of sp³-hybridized carbons (Fsp3) is 0.548. The number of hydrogen-bond acceptors (Lipinski definition) is 5. The van der Waals surface area contributed by atoms with E-state index in [0.29, 0.717) is 18.9 Å².